The fraction of sp³-hybridized carbons (Fsp3) is 0.565. The minimum atomic E-state index is -0.255. The van der Waals surface area contributed by atoms with Gasteiger partial charge in [-0.3, -0.25) is 4.79 Å². The van der Waals surface area contributed by atoms with E-state index in [-0.39, 0.29) is 17.8 Å². The SMILES string of the molecule is CC.COCC(C)NC(=O)c1nc2c(cnc3[nH]ccc32)[nH]1.N#CCC1CCCCC1. The number of H-pyrrole nitrogens is 2. The first-order chi connectivity index (χ1) is 15.1. The van der Waals surface area contributed by atoms with Crippen LogP contribution in [0.2, 0.25) is 0 Å². The number of methoxy groups -OCH3 is 1. The van der Waals surface area contributed by atoms with E-state index in [1.807, 2.05) is 26.8 Å². The second-order valence-corrected chi connectivity index (χ2v) is 7.54. The van der Waals surface area contributed by atoms with E-state index < -0.39 is 0 Å². The summed E-state index contributed by atoms with van der Waals surface area (Å²) in [4.78, 5) is 26.7. The largest absolute Gasteiger partial charge is 0.383 e. The molecule has 8 heteroatoms. The lowest BCUT2D eigenvalue weighted by Crippen LogP contribution is -2.36. The molecular formula is C23H34N6O2. The number of ether oxygens (including phenoxy) is 1. The van der Waals surface area contributed by atoms with E-state index in [4.69, 9.17) is 10.00 Å². The maximum atomic E-state index is 12.1. The monoisotopic (exact) mass is 426 g/mol. The first kappa shape index (κ1) is 24.4. The van der Waals surface area contributed by atoms with Gasteiger partial charge in [-0.05, 0) is 31.7 Å². The Bertz CT molecular complexity index is 981. The lowest BCUT2D eigenvalue weighted by Gasteiger charge is -2.17. The van der Waals surface area contributed by atoms with Crippen LogP contribution < -0.4 is 5.32 Å². The maximum absolute atomic E-state index is 12.1. The summed E-state index contributed by atoms with van der Waals surface area (Å²) in [6, 6.07) is 4.05. The molecule has 0 spiro atoms. The number of amides is 1. The Balaban J connectivity index is 0.000000261. The van der Waals surface area contributed by atoms with Gasteiger partial charge in [-0.25, -0.2) is 9.97 Å². The zero-order chi connectivity index (χ0) is 22.6. The molecule has 1 fully saturated rings. The van der Waals surface area contributed by atoms with Gasteiger partial charge in [0.25, 0.3) is 5.91 Å². The summed E-state index contributed by atoms with van der Waals surface area (Å²) < 4.78 is 4.99. The number of imidazole rings is 1. The van der Waals surface area contributed by atoms with Crippen molar-refractivity contribution in [1.29, 1.82) is 5.26 Å². The summed E-state index contributed by atoms with van der Waals surface area (Å²) in [5, 5.41) is 12.1. The van der Waals surface area contributed by atoms with E-state index in [0.29, 0.717) is 6.61 Å². The van der Waals surface area contributed by atoms with Crippen LogP contribution in [-0.4, -0.2) is 45.6 Å². The molecule has 3 aromatic heterocycles. The van der Waals surface area contributed by atoms with Crippen molar-refractivity contribution in [3.8, 4) is 6.07 Å². The second-order valence-electron chi connectivity index (χ2n) is 7.54. The summed E-state index contributed by atoms with van der Waals surface area (Å²) in [6.45, 7) is 6.32. The fourth-order valence-corrected chi connectivity index (χ4v) is 3.68. The number of nitrogens with one attached hydrogen (secondary N) is 3. The number of aromatic nitrogens is 4. The molecule has 0 aliphatic heterocycles. The van der Waals surface area contributed by atoms with Crippen molar-refractivity contribution in [3.05, 3.63) is 24.3 Å². The predicted molar refractivity (Wildman–Crippen MR) is 123 cm³/mol. The number of hydrogen-bond acceptors (Lipinski definition) is 5. The Morgan fingerprint density at radius 2 is 2.10 bits per heavy atom. The molecule has 1 unspecified atom stereocenters. The second kappa shape index (κ2) is 12.7. The van der Waals surface area contributed by atoms with Crippen molar-refractivity contribution in [2.75, 3.05) is 13.7 Å². The van der Waals surface area contributed by atoms with E-state index in [1.165, 1.54) is 32.1 Å². The first-order valence-corrected chi connectivity index (χ1v) is 11.1. The van der Waals surface area contributed by atoms with Crippen LogP contribution in [0.5, 0.6) is 0 Å². The van der Waals surface area contributed by atoms with Crippen LogP contribution in [0.1, 0.15) is 69.9 Å². The molecule has 3 heterocycles. The molecule has 1 saturated carbocycles. The molecule has 0 saturated heterocycles. The number of rotatable bonds is 5. The third-order valence-corrected chi connectivity index (χ3v) is 5.15. The van der Waals surface area contributed by atoms with Gasteiger partial charge in [-0.15, -0.1) is 0 Å². The van der Waals surface area contributed by atoms with Crippen LogP contribution in [0.25, 0.3) is 22.1 Å². The number of pyridine rings is 1. The van der Waals surface area contributed by atoms with Crippen molar-refractivity contribution in [1.82, 2.24) is 25.3 Å². The Hall–Kier alpha value is -2.92. The zero-order valence-corrected chi connectivity index (χ0v) is 19.0. The summed E-state index contributed by atoms with van der Waals surface area (Å²) in [5.74, 6) is 0.761. The smallest absolute Gasteiger partial charge is 0.287 e. The standard InChI is InChI=1S/C13H15N5O2.C8H13N.C2H6/c1-7(6-20-2)16-13(19)12-17-9-5-15-11-8(3-4-14-11)10(9)18-12;9-7-6-8-4-2-1-3-5-8;1-2/h3-5,7H,6H2,1-2H3,(H,14,15)(H,16,19)(H,17,18);8H,1-6H2;1-2H3. The number of fused-ring (bicyclic) bond motifs is 3. The highest BCUT2D eigenvalue weighted by Gasteiger charge is 2.16. The Labute approximate surface area is 183 Å². The van der Waals surface area contributed by atoms with Crippen molar-refractivity contribution >= 4 is 28.0 Å². The van der Waals surface area contributed by atoms with Crippen molar-refractivity contribution in [3.63, 3.8) is 0 Å². The number of nitrogens with zero attached hydrogens (tertiary/aromatic N) is 3. The molecular weight excluding hydrogens is 392 g/mol. The molecule has 3 aromatic rings. The van der Waals surface area contributed by atoms with Crippen molar-refractivity contribution in [2.45, 2.75) is 65.3 Å². The van der Waals surface area contributed by atoms with Crippen LogP contribution in [-0.2, 0) is 4.74 Å². The molecule has 0 bridgehead atoms. The molecule has 0 aromatic carbocycles. The van der Waals surface area contributed by atoms with Gasteiger partial charge in [-0.2, -0.15) is 5.26 Å². The van der Waals surface area contributed by atoms with Gasteiger partial charge in [0.15, 0.2) is 5.82 Å². The van der Waals surface area contributed by atoms with E-state index >= 15 is 0 Å². The van der Waals surface area contributed by atoms with Crippen LogP contribution >= 0.6 is 0 Å². The maximum Gasteiger partial charge on any atom is 0.287 e. The van der Waals surface area contributed by atoms with E-state index in [0.717, 1.165) is 34.4 Å². The molecule has 0 radical (unpaired) electrons. The van der Waals surface area contributed by atoms with Crippen molar-refractivity contribution in [2.24, 2.45) is 5.92 Å². The normalized spacial score (nSPS) is 14.7. The van der Waals surface area contributed by atoms with Crippen LogP contribution in [0.3, 0.4) is 0 Å². The van der Waals surface area contributed by atoms with Gasteiger partial charge >= 0.3 is 0 Å². The molecule has 4 rings (SSSR count). The van der Waals surface area contributed by atoms with Gasteiger partial charge in [0.1, 0.15) is 11.2 Å². The minimum absolute atomic E-state index is 0.0777. The topological polar surface area (TPSA) is 119 Å². The van der Waals surface area contributed by atoms with Gasteiger partial charge < -0.3 is 20.0 Å². The molecule has 31 heavy (non-hydrogen) atoms. The fourth-order valence-electron chi connectivity index (χ4n) is 3.68. The average molecular weight is 427 g/mol. The summed E-state index contributed by atoms with van der Waals surface area (Å²) >= 11 is 0. The van der Waals surface area contributed by atoms with Gasteiger partial charge in [-0.1, -0.05) is 33.1 Å². The Kier molecular flexibility index (Phi) is 9.98. The number of nitriles is 1. The average Bonchev–Trinajstić information content (AvgIpc) is 3.43. The predicted octanol–water partition coefficient (Wildman–Crippen LogP) is 4.71. The number of carbonyl (C=O) groups excluding carboxylic acids is 1. The van der Waals surface area contributed by atoms with Crippen molar-refractivity contribution < 1.29 is 9.53 Å². The molecule has 3 N–H and O–H groups in total. The molecule has 168 valence electrons. The highest BCUT2D eigenvalue weighted by molar-refractivity contribution is 6.03. The van der Waals surface area contributed by atoms with E-state index in [9.17, 15) is 4.79 Å². The van der Waals surface area contributed by atoms with E-state index in [1.54, 1.807) is 19.5 Å². The molecule has 1 atom stereocenters. The summed E-state index contributed by atoms with van der Waals surface area (Å²) in [5.41, 5.74) is 2.23. The molecule has 1 aliphatic carbocycles. The summed E-state index contributed by atoms with van der Waals surface area (Å²) in [7, 11) is 1.60. The number of aromatic amines is 2. The molecule has 1 aliphatic rings. The third-order valence-electron chi connectivity index (χ3n) is 5.15. The van der Waals surface area contributed by atoms with Crippen LogP contribution in [0.4, 0.5) is 0 Å². The van der Waals surface area contributed by atoms with Crippen LogP contribution in [0, 0.1) is 17.2 Å². The van der Waals surface area contributed by atoms with Gasteiger partial charge in [0.2, 0.25) is 0 Å². The zero-order valence-electron chi connectivity index (χ0n) is 19.0. The summed E-state index contributed by atoms with van der Waals surface area (Å²) in [6.07, 6.45) is 10.9. The number of hydrogen-bond donors (Lipinski definition) is 3. The first-order valence-electron chi connectivity index (χ1n) is 11.1. The lowest BCUT2D eigenvalue weighted by molar-refractivity contribution is 0.0896. The Morgan fingerprint density at radius 3 is 2.77 bits per heavy atom. The van der Waals surface area contributed by atoms with Gasteiger partial charge in [0, 0.05) is 31.2 Å². The Morgan fingerprint density at radius 1 is 1.35 bits per heavy atom. The quantitative estimate of drug-likeness (QED) is 0.546. The van der Waals surface area contributed by atoms with E-state index in [2.05, 4.69) is 31.3 Å². The lowest BCUT2D eigenvalue weighted by atomic mass is 9.87. The molecule has 1 amide bonds. The molecule has 8 nitrogen and oxygen atoms in total. The highest BCUT2D eigenvalue weighted by atomic mass is 16.5. The highest BCUT2D eigenvalue weighted by Crippen LogP contribution is 2.25. The van der Waals surface area contributed by atoms with Crippen LogP contribution in [0.15, 0.2) is 18.5 Å². The number of carbonyl (C=O) groups is 1. The minimum Gasteiger partial charge on any atom is -0.383 e. The third kappa shape index (κ3) is 6.79. The van der Waals surface area contributed by atoms with Gasteiger partial charge in [0.05, 0.1) is 24.4 Å².